The summed E-state index contributed by atoms with van der Waals surface area (Å²) in [4.78, 5) is 28.8. The zero-order valence-electron chi connectivity index (χ0n) is 17.3. The van der Waals surface area contributed by atoms with Gasteiger partial charge in [0.1, 0.15) is 6.04 Å². The zero-order valence-corrected chi connectivity index (χ0v) is 18.9. The van der Waals surface area contributed by atoms with E-state index >= 15 is 0 Å². The molecule has 0 fully saturated rings. The van der Waals surface area contributed by atoms with E-state index in [0.717, 1.165) is 4.47 Å². The maximum atomic E-state index is 13.7. The summed E-state index contributed by atoms with van der Waals surface area (Å²) >= 11 is 3.57. The van der Waals surface area contributed by atoms with Crippen molar-refractivity contribution in [3.05, 3.63) is 101 Å². The fraction of sp³-hybridized carbons (Fsp3) is 0.200. The van der Waals surface area contributed by atoms with Crippen molar-refractivity contribution in [2.75, 3.05) is 4.90 Å². The maximum Gasteiger partial charge on any atom is 0.259 e. The van der Waals surface area contributed by atoms with Crippen molar-refractivity contribution in [1.82, 2.24) is 5.32 Å². The molecule has 0 radical (unpaired) electrons. The molecule has 30 heavy (non-hydrogen) atoms. The predicted octanol–water partition coefficient (Wildman–Crippen LogP) is 5.75. The molecule has 0 aliphatic carbocycles. The lowest BCUT2D eigenvalue weighted by atomic mass is 10.00. The van der Waals surface area contributed by atoms with Crippen LogP contribution in [0.2, 0.25) is 0 Å². The van der Waals surface area contributed by atoms with Crippen LogP contribution >= 0.6 is 15.9 Å². The van der Waals surface area contributed by atoms with Gasteiger partial charge in [-0.05, 0) is 56.7 Å². The number of anilines is 1. The molecule has 0 saturated carbocycles. The molecule has 0 saturated heterocycles. The minimum absolute atomic E-state index is 0.244. The highest BCUT2D eigenvalue weighted by atomic mass is 79.9. The van der Waals surface area contributed by atoms with Crippen LogP contribution in [0.25, 0.3) is 0 Å². The number of hydrogen-bond donors (Lipinski definition) is 1. The van der Waals surface area contributed by atoms with Crippen LogP contribution in [-0.2, 0) is 4.79 Å². The van der Waals surface area contributed by atoms with Gasteiger partial charge in [-0.15, -0.1) is 0 Å². The molecule has 3 rings (SSSR count). The second-order valence-electron chi connectivity index (χ2n) is 8.04. The molecule has 154 valence electrons. The summed E-state index contributed by atoms with van der Waals surface area (Å²) < 4.78 is 0.765. The summed E-state index contributed by atoms with van der Waals surface area (Å²) in [5.74, 6) is -0.492. The Morgan fingerprint density at radius 3 is 1.93 bits per heavy atom. The molecule has 1 unspecified atom stereocenters. The smallest absolute Gasteiger partial charge is 0.259 e. The van der Waals surface area contributed by atoms with Gasteiger partial charge in [0.2, 0.25) is 5.91 Å². The average Bonchev–Trinajstić information content (AvgIpc) is 2.72. The molecule has 0 bridgehead atoms. The third-order valence-electron chi connectivity index (χ3n) is 4.48. The van der Waals surface area contributed by atoms with Crippen molar-refractivity contribution < 1.29 is 9.59 Å². The number of benzene rings is 3. The van der Waals surface area contributed by atoms with Gasteiger partial charge in [0.25, 0.3) is 5.91 Å². The van der Waals surface area contributed by atoms with Crippen LogP contribution in [0.3, 0.4) is 0 Å². The van der Waals surface area contributed by atoms with Gasteiger partial charge in [-0.3, -0.25) is 14.5 Å². The number of para-hydroxylation sites is 1. The van der Waals surface area contributed by atoms with Crippen LogP contribution in [0.4, 0.5) is 5.69 Å². The second-order valence-corrected chi connectivity index (χ2v) is 8.89. The highest BCUT2D eigenvalue weighted by molar-refractivity contribution is 9.10. The fourth-order valence-electron chi connectivity index (χ4n) is 3.22. The Morgan fingerprint density at radius 1 is 0.833 bits per heavy atom. The number of nitrogens with zero attached hydrogens (tertiary/aromatic N) is 1. The van der Waals surface area contributed by atoms with Gasteiger partial charge in [0.05, 0.1) is 0 Å². The number of rotatable bonds is 5. The summed E-state index contributed by atoms with van der Waals surface area (Å²) in [5.41, 5.74) is 1.43. The Morgan fingerprint density at radius 2 is 1.37 bits per heavy atom. The molecule has 0 aliphatic rings. The molecule has 1 atom stereocenters. The second kappa shape index (κ2) is 9.26. The normalized spacial score (nSPS) is 12.1. The van der Waals surface area contributed by atoms with Crippen molar-refractivity contribution in [2.24, 2.45) is 0 Å². The van der Waals surface area contributed by atoms with E-state index in [4.69, 9.17) is 0 Å². The van der Waals surface area contributed by atoms with Crippen molar-refractivity contribution in [3.63, 3.8) is 0 Å². The quantitative estimate of drug-likeness (QED) is 0.522. The standard InChI is InChI=1S/C25H25BrN2O2/c1-25(2,3)27-23(29)22(20-16-10-11-17-21(20)26)28(19-14-8-5-9-15-19)24(30)18-12-6-4-7-13-18/h4-17,22H,1-3H3,(H,27,29). The lowest BCUT2D eigenvalue weighted by Gasteiger charge is -2.34. The summed E-state index contributed by atoms with van der Waals surface area (Å²) in [5, 5.41) is 3.05. The molecule has 3 aromatic carbocycles. The van der Waals surface area contributed by atoms with E-state index < -0.39 is 11.6 Å². The van der Waals surface area contributed by atoms with E-state index in [9.17, 15) is 9.59 Å². The summed E-state index contributed by atoms with van der Waals surface area (Å²) in [7, 11) is 0. The van der Waals surface area contributed by atoms with Crippen LogP contribution in [0.15, 0.2) is 89.4 Å². The van der Waals surface area contributed by atoms with Gasteiger partial charge in [-0.1, -0.05) is 70.5 Å². The molecule has 0 spiro atoms. The van der Waals surface area contributed by atoms with Crippen molar-refractivity contribution in [1.29, 1.82) is 0 Å². The first kappa shape index (κ1) is 21.8. The minimum atomic E-state index is -0.852. The van der Waals surface area contributed by atoms with Gasteiger partial charge < -0.3 is 5.32 Å². The van der Waals surface area contributed by atoms with Crippen molar-refractivity contribution >= 4 is 33.4 Å². The number of carbonyl (C=O) groups is 2. The molecule has 0 aromatic heterocycles. The van der Waals surface area contributed by atoms with Crippen LogP contribution in [0, 0.1) is 0 Å². The van der Waals surface area contributed by atoms with Gasteiger partial charge in [-0.2, -0.15) is 0 Å². The molecular formula is C25H25BrN2O2. The zero-order chi connectivity index (χ0) is 21.7. The molecule has 5 heteroatoms. The Bertz CT molecular complexity index is 1010. The first-order valence-electron chi connectivity index (χ1n) is 9.78. The Kier molecular flexibility index (Phi) is 6.73. The average molecular weight is 465 g/mol. The number of halogens is 1. The summed E-state index contributed by atoms with van der Waals surface area (Å²) in [6.45, 7) is 5.77. The molecule has 2 amide bonds. The number of hydrogen-bond acceptors (Lipinski definition) is 2. The predicted molar refractivity (Wildman–Crippen MR) is 124 cm³/mol. The fourth-order valence-corrected chi connectivity index (χ4v) is 3.73. The molecule has 3 aromatic rings. The molecule has 4 nitrogen and oxygen atoms in total. The molecule has 0 heterocycles. The largest absolute Gasteiger partial charge is 0.349 e. The van der Waals surface area contributed by atoms with Gasteiger partial charge in [-0.25, -0.2) is 0 Å². The lowest BCUT2D eigenvalue weighted by molar-refractivity contribution is -0.123. The SMILES string of the molecule is CC(C)(C)NC(=O)C(c1ccccc1Br)N(C(=O)c1ccccc1)c1ccccc1. The number of nitrogens with one attached hydrogen (secondary N) is 1. The van der Waals surface area contributed by atoms with Crippen molar-refractivity contribution in [2.45, 2.75) is 32.4 Å². The summed E-state index contributed by atoms with van der Waals surface area (Å²) in [6.07, 6.45) is 0. The highest BCUT2D eigenvalue weighted by Gasteiger charge is 2.35. The number of carbonyl (C=O) groups excluding carboxylic acids is 2. The van der Waals surface area contributed by atoms with E-state index in [1.807, 2.05) is 93.6 Å². The van der Waals surface area contributed by atoms with Crippen LogP contribution in [0.1, 0.15) is 42.7 Å². The van der Waals surface area contributed by atoms with Gasteiger partial charge >= 0.3 is 0 Å². The van der Waals surface area contributed by atoms with Crippen LogP contribution in [0.5, 0.6) is 0 Å². The van der Waals surface area contributed by atoms with Crippen LogP contribution < -0.4 is 10.2 Å². The molecule has 1 N–H and O–H groups in total. The van der Waals surface area contributed by atoms with Gasteiger partial charge in [0.15, 0.2) is 0 Å². The van der Waals surface area contributed by atoms with E-state index in [0.29, 0.717) is 16.8 Å². The highest BCUT2D eigenvalue weighted by Crippen LogP contribution is 2.33. The lowest BCUT2D eigenvalue weighted by Crippen LogP contribution is -2.49. The maximum absolute atomic E-state index is 13.7. The topological polar surface area (TPSA) is 49.4 Å². The summed E-state index contributed by atoms with van der Waals surface area (Å²) in [6, 6.07) is 25.0. The first-order chi connectivity index (χ1) is 14.3. The Balaban J connectivity index is 2.19. The third kappa shape index (κ3) is 5.16. The van der Waals surface area contributed by atoms with E-state index in [1.54, 1.807) is 17.0 Å². The minimum Gasteiger partial charge on any atom is -0.349 e. The number of amides is 2. The van der Waals surface area contributed by atoms with Crippen molar-refractivity contribution in [3.8, 4) is 0 Å². The van der Waals surface area contributed by atoms with Crippen LogP contribution in [-0.4, -0.2) is 17.4 Å². The van der Waals surface area contributed by atoms with E-state index in [2.05, 4.69) is 21.2 Å². The Hall–Kier alpha value is -2.92. The molecule has 0 aliphatic heterocycles. The van der Waals surface area contributed by atoms with E-state index in [-0.39, 0.29) is 11.8 Å². The third-order valence-corrected chi connectivity index (χ3v) is 5.20. The first-order valence-corrected chi connectivity index (χ1v) is 10.6. The monoisotopic (exact) mass is 464 g/mol. The van der Waals surface area contributed by atoms with Gasteiger partial charge in [0, 0.05) is 21.3 Å². The Labute approximate surface area is 186 Å². The molecular weight excluding hydrogens is 440 g/mol. The van der Waals surface area contributed by atoms with E-state index in [1.165, 1.54) is 0 Å².